The number of nitrogens with zero attached hydrogens (tertiary/aromatic N) is 5. The summed E-state index contributed by atoms with van der Waals surface area (Å²) in [4.78, 5) is 23.6. The third-order valence-corrected chi connectivity index (χ3v) is 6.28. The lowest BCUT2D eigenvalue weighted by molar-refractivity contribution is 0.0754. The Bertz CT molecular complexity index is 999. The molecule has 0 bridgehead atoms. The van der Waals surface area contributed by atoms with Crippen LogP contribution in [0, 0.1) is 20.8 Å². The van der Waals surface area contributed by atoms with Gasteiger partial charge in [-0.3, -0.25) is 4.79 Å². The standard InChI is InChI=1S/C20H23N5OS/c1-13-6-4-5-7-16(13)17-8-9-24(10-11-27-17)19(26)18-22-20-21-14(2)12-15(3)25(20)23-18/h4-7,12,17H,8-11H2,1-3H3/t17-/m1/s1. The van der Waals surface area contributed by atoms with E-state index in [1.807, 2.05) is 36.6 Å². The topological polar surface area (TPSA) is 63.4 Å². The smallest absolute Gasteiger partial charge is 0.293 e. The number of thioether (sulfide) groups is 1. The van der Waals surface area contributed by atoms with Gasteiger partial charge in [-0.2, -0.15) is 16.7 Å². The maximum Gasteiger partial charge on any atom is 0.293 e. The molecule has 1 atom stereocenters. The van der Waals surface area contributed by atoms with Crippen LogP contribution in [0.3, 0.4) is 0 Å². The minimum Gasteiger partial charge on any atom is -0.335 e. The average molecular weight is 382 g/mol. The second kappa shape index (κ2) is 7.31. The molecule has 6 nitrogen and oxygen atoms in total. The highest BCUT2D eigenvalue weighted by Crippen LogP contribution is 2.36. The molecule has 0 aliphatic carbocycles. The molecule has 27 heavy (non-hydrogen) atoms. The van der Waals surface area contributed by atoms with E-state index in [1.165, 1.54) is 11.1 Å². The van der Waals surface area contributed by atoms with Gasteiger partial charge in [0.15, 0.2) is 0 Å². The lowest BCUT2D eigenvalue weighted by Gasteiger charge is -2.19. The molecule has 1 aliphatic rings. The van der Waals surface area contributed by atoms with Crippen molar-refractivity contribution in [1.82, 2.24) is 24.5 Å². The van der Waals surface area contributed by atoms with E-state index in [2.05, 4.69) is 46.3 Å². The molecule has 1 aliphatic heterocycles. The Morgan fingerprint density at radius 1 is 1.15 bits per heavy atom. The Morgan fingerprint density at radius 3 is 2.78 bits per heavy atom. The number of hydrogen-bond donors (Lipinski definition) is 0. The molecule has 0 unspecified atom stereocenters. The molecule has 3 aromatic rings. The maximum absolute atomic E-state index is 13.0. The second-order valence-corrected chi connectivity index (χ2v) is 8.29. The van der Waals surface area contributed by atoms with Crippen molar-refractivity contribution in [3.63, 3.8) is 0 Å². The van der Waals surface area contributed by atoms with Gasteiger partial charge in [0.1, 0.15) is 0 Å². The zero-order valence-corrected chi connectivity index (χ0v) is 16.7. The summed E-state index contributed by atoms with van der Waals surface area (Å²) in [7, 11) is 0. The lowest BCUT2D eigenvalue weighted by Crippen LogP contribution is -2.33. The van der Waals surface area contributed by atoms with Gasteiger partial charge in [-0.15, -0.1) is 5.10 Å². The molecule has 1 aromatic carbocycles. The number of carbonyl (C=O) groups excluding carboxylic acids is 1. The van der Waals surface area contributed by atoms with Crippen LogP contribution in [-0.4, -0.2) is 49.2 Å². The van der Waals surface area contributed by atoms with Crippen LogP contribution in [-0.2, 0) is 0 Å². The number of amides is 1. The SMILES string of the molecule is Cc1cc(C)n2nc(C(=O)N3CCS[C@@H](c4ccccc4C)CC3)nc2n1. The van der Waals surface area contributed by atoms with Crippen LogP contribution in [0.5, 0.6) is 0 Å². The van der Waals surface area contributed by atoms with Crippen molar-refractivity contribution >= 4 is 23.4 Å². The minimum atomic E-state index is -0.108. The Balaban J connectivity index is 1.53. The van der Waals surface area contributed by atoms with Crippen molar-refractivity contribution in [2.45, 2.75) is 32.4 Å². The number of fused-ring (bicyclic) bond motifs is 1. The first-order valence-electron chi connectivity index (χ1n) is 9.20. The van der Waals surface area contributed by atoms with Crippen molar-refractivity contribution in [2.75, 3.05) is 18.8 Å². The summed E-state index contributed by atoms with van der Waals surface area (Å²) in [5.74, 6) is 1.52. The fraction of sp³-hybridized carbons (Fsp3) is 0.400. The summed E-state index contributed by atoms with van der Waals surface area (Å²) in [5.41, 5.74) is 4.49. The number of rotatable bonds is 2. The van der Waals surface area contributed by atoms with E-state index in [4.69, 9.17) is 0 Å². The first-order valence-corrected chi connectivity index (χ1v) is 10.3. The van der Waals surface area contributed by atoms with Crippen LogP contribution >= 0.6 is 11.8 Å². The van der Waals surface area contributed by atoms with Crippen LogP contribution in [0.15, 0.2) is 30.3 Å². The molecule has 0 saturated carbocycles. The average Bonchev–Trinajstić information content (AvgIpc) is 2.92. The Labute approximate surface area is 163 Å². The van der Waals surface area contributed by atoms with Gasteiger partial charge in [-0.05, 0) is 44.4 Å². The van der Waals surface area contributed by atoms with Crippen LogP contribution in [0.1, 0.15) is 44.8 Å². The highest BCUT2D eigenvalue weighted by atomic mass is 32.2. The molecule has 7 heteroatoms. The van der Waals surface area contributed by atoms with Gasteiger partial charge in [0.25, 0.3) is 11.7 Å². The number of aryl methyl sites for hydroxylation is 3. The molecular formula is C20H23N5OS. The Kier molecular flexibility index (Phi) is 4.86. The molecule has 0 spiro atoms. The van der Waals surface area contributed by atoms with E-state index in [0.717, 1.165) is 23.6 Å². The van der Waals surface area contributed by atoms with E-state index in [-0.39, 0.29) is 11.7 Å². The Hall–Kier alpha value is -2.41. The van der Waals surface area contributed by atoms with E-state index in [1.54, 1.807) is 4.52 Å². The number of carbonyl (C=O) groups is 1. The number of aromatic nitrogens is 4. The normalized spacial score (nSPS) is 17.9. The monoisotopic (exact) mass is 381 g/mol. The molecule has 140 valence electrons. The van der Waals surface area contributed by atoms with Gasteiger partial charge in [0.05, 0.1) is 0 Å². The molecule has 2 aromatic heterocycles. The second-order valence-electron chi connectivity index (χ2n) is 6.98. The fourth-order valence-corrected chi connectivity index (χ4v) is 4.89. The molecule has 0 N–H and O–H groups in total. The fourth-order valence-electron chi connectivity index (χ4n) is 3.57. The van der Waals surface area contributed by atoms with Gasteiger partial charge in [0, 0.05) is 35.5 Å². The van der Waals surface area contributed by atoms with Crippen LogP contribution in [0.2, 0.25) is 0 Å². The van der Waals surface area contributed by atoms with Gasteiger partial charge in [-0.1, -0.05) is 24.3 Å². The third kappa shape index (κ3) is 3.56. The van der Waals surface area contributed by atoms with Gasteiger partial charge < -0.3 is 4.90 Å². The lowest BCUT2D eigenvalue weighted by atomic mass is 10.0. The van der Waals surface area contributed by atoms with Crippen molar-refractivity contribution in [2.24, 2.45) is 0 Å². The first kappa shape index (κ1) is 18.0. The van der Waals surface area contributed by atoms with E-state index in [0.29, 0.717) is 24.1 Å². The predicted octanol–water partition coefficient (Wildman–Crippen LogP) is 3.37. The zero-order chi connectivity index (χ0) is 19.0. The van der Waals surface area contributed by atoms with E-state index >= 15 is 0 Å². The molecule has 1 amide bonds. The number of hydrogen-bond acceptors (Lipinski definition) is 5. The summed E-state index contributed by atoms with van der Waals surface area (Å²) in [5, 5.41) is 4.82. The summed E-state index contributed by atoms with van der Waals surface area (Å²) in [6.07, 6.45) is 0.936. The largest absolute Gasteiger partial charge is 0.335 e. The zero-order valence-electron chi connectivity index (χ0n) is 15.8. The summed E-state index contributed by atoms with van der Waals surface area (Å²) in [6, 6.07) is 10.5. The maximum atomic E-state index is 13.0. The van der Waals surface area contributed by atoms with Crippen LogP contribution in [0.4, 0.5) is 0 Å². The van der Waals surface area contributed by atoms with Gasteiger partial charge in [0.2, 0.25) is 5.82 Å². The van der Waals surface area contributed by atoms with Crippen LogP contribution in [0.25, 0.3) is 5.78 Å². The highest BCUT2D eigenvalue weighted by Gasteiger charge is 2.26. The number of benzene rings is 1. The van der Waals surface area contributed by atoms with Crippen molar-refractivity contribution in [3.8, 4) is 0 Å². The molecule has 4 rings (SSSR count). The minimum absolute atomic E-state index is 0.108. The quantitative estimate of drug-likeness (QED) is 0.681. The molecule has 1 saturated heterocycles. The predicted molar refractivity (Wildman–Crippen MR) is 107 cm³/mol. The molecular weight excluding hydrogens is 358 g/mol. The third-order valence-electron chi connectivity index (χ3n) is 4.97. The van der Waals surface area contributed by atoms with Crippen molar-refractivity contribution in [3.05, 3.63) is 58.7 Å². The molecule has 1 fully saturated rings. The van der Waals surface area contributed by atoms with Gasteiger partial charge >= 0.3 is 0 Å². The van der Waals surface area contributed by atoms with E-state index in [9.17, 15) is 4.79 Å². The first-order chi connectivity index (χ1) is 13.0. The summed E-state index contributed by atoms with van der Waals surface area (Å²) >= 11 is 1.92. The molecule has 3 heterocycles. The van der Waals surface area contributed by atoms with E-state index < -0.39 is 0 Å². The molecule has 0 radical (unpaired) electrons. The van der Waals surface area contributed by atoms with Gasteiger partial charge in [-0.25, -0.2) is 9.50 Å². The van der Waals surface area contributed by atoms with Crippen molar-refractivity contribution in [1.29, 1.82) is 0 Å². The highest BCUT2D eigenvalue weighted by molar-refractivity contribution is 7.99. The van der Waals surface area contributed by atoms with Crippen molar-refractivity contribution < 1.29 is 4.79 Å². The summed E-state index contributed by atoms with van der Waals surface area (Å²) in [6.45, 7) is 7.45. The Morgan fingerprint density at radius 2 is 1.96 bits per heavy atom. The summed E-state index contributed by atoms with van der Waals surface area (Å²) < 4.78 is 1.64. The van der Waals surface area contributed by atoms with Crippen LogP contribution < -0.4 is 0 Å².